The number of anilines is 1. The van der Waals surface area contributed by atoms with Crippen LogP contribution in [0, 0.1) is 0 Å². The van der Waals surface area contributed by atoms with Gasteiger partial charge in [0, 0.05) is 23.4 Å². The van der Waals surface area contributed by atoms with Gasteiger partial charge in [0.2, 0.25) is 0 Å². The molecule has 4 rings (SSSR count). The van der Waals surface area contributed by atoms with Gasteiger partial charge in [0.15, 0.2) is 17.2 Å². The van der Waals surface area contributed by atoms with E-state index in [1.807, 2.05) is 0 Å². The number of urea groups is 1. The summed E-state index contributed by atoms with van der Waals surface area (Å²) in [5.74, 6) is 1.76. The topological polar surface area (TPSA) is 71.0 Å². The molecule has 2 amide bonds. The number of halogens is 4. The molecule has 0 fully saturated rings. The van der Waals surface area contributed by atoms with Crippen molar-refractivity contribution >= 4 is 35.0 Å². The largest absolute Gasteiger partial charge is 0.416 e. The van der Waals surface area contributed by atoms with Crippen LogP contribution in [0.15, 0.2) is 53.3 Å². The molecule has 0 saturated heterocycles. The van der Waals surface area contributed by atoms with Crippen molar-refractivity contribution in [3.63, 3.8) is 0 Å². The highest BCUT2D eigenvalue weighted by molar-refractivity contribution is 6.31. The minimum absolute atomic E-state index is 0.108. The van der Waals surface area contributed by atoms with E-state index in [0.29, 0.717) is 29.1 Å². The lowest BCUT2D eigenvalue weighted by atomic mass is 9.77. The van der Waals surface area contributed by atoms with Gasteiger partial charge in [-0.1, -0.05) is 17.7 Å². The van der Waals surface area contributed by atoms with Crippen LogP contribution in [0.25, 0.3) is 0 Å². The number of amides is 2. The number of hydrazone groups is 1. The van der Waals surface area contributed by atoms with Crippen molar-refractivity contribution in [2.75, 3.05) is 12.4 Å². The molecule has 31 heavy (non-hydrogen) atoms. The zero-order chi connectivity index (χ0) is 22.4. The minimum atomic E-state index is -4.49. The maximum absolute atomic E-state index is 12.8. The summed E-state index contributed by atoms with van der Waals surface area (Å²) in [5, 5.41) is 8.15. The van der Waals surface area contributed by atoms with Crippen LogP contribution in [-0.2, 0) is 22.1 Å². The highest BCUT2D eigenvalue weighted by Gasteiger charge is 2.53. The number of ether oxygens (including phenoxy) is 1. The average molecular weight is 450 g/mol. The number of nitrogens with one attached hydrogen (secondary N) is 1. The van der Waals surface area contributed by atoms with Gasteiger partial charge < -0.3 is 10.1 Å². The second-order valence-corrected chi connectivity index (χ2v) is 7.49. The number of carbonyl (C=O) groups is 1. The summed E-state index contributed by atoms with van der Waals surface area (Å²) in [5.41, 5.74) is -0.176. The first-order valence-corrected chi connectivity index (χ1v) is 9.54. The smallest absolute Gasteiger partial charge is 0.365 e. The quantitative estimate of drug-likeness (QED) is 0.678. The minimum Gasteiger partial charge on any atom is -0.365 e. The molecule has 0 spiro atoms. The third kappa shape index (κ3) is 3.50. The van der Waals surface area contributed by atoms with Crippen molar-refractivity contribution in [2.45, 2.75) is 24.6 Å². The fourth-order valence-electron chi connectivity index (χ4n) is 3.82. The predicted molar refractivity (Wildman–Crippen MR) is 108 cm³/mol. The maximum Gasteiger partial charge on any atom is 0.416 e. The van der Waals surface area contributed by atoms with E-state index in [2.05, 4.69) is 10.4 Å². The molecule has 1 unspecified atom stereocenters. The fraction of sp³-hybridized carbons (Fsp3) is 0.238. The van der Waals surface area contributed by atoms with Crippen molar-refractivity contribution in [1.29, 1.82) is 0 Å². The van der Waals surface area contributed by atoms with Crippen molar-refractivity contribution in [2.24, 2.45) is 5.10 Å². The summed E-state index contributed by atoms with van der Waals surface area (Å²) in [6, 6.07) is 8.29. The van der Waals surface area contributed by atoms with E-state index in [9.17, 15) is 22.8 Å². The van der Waals surface area contributed by atoms with E-state index in [0.717, 1.165) is 34.8 Å². The number of carbonyl (C=O) groups excluding carboxylic acids is 2. The molecule has 0 saturated carbocycles. The van der Waals surface area contributed by atoms with Crippen LogP contribution in [0.2, 0.25) is 5.02 Å². The van der Waals surface area contributed by atoms with Gasteiger partial charge in [-0.2, -0.15) is 23.3 Å². The van der Waals surface area contributed by atoms with Gasteiger partial charge in [0.05, 0.1) is 5.56 Å². The van der Waals surface area contributed by atoms with E-state index in [1.54, 1.807) is 24.1 Å². The zero-order valence-electron chi connectivity index (χ0n) is 16.1. The SMILES string of the molecule is COC12CCc3cc(Cl)ccc3C1=NN(C(=O)Nc1ccc(C(F)(F)F)cc1)C2=C=O. The van der Waals surface area contributed by atoms with Crippen molar-refractivity contribution in [3.05, 3.63) is 69.9 Å². The molecule has 1 aliphatic carbocycles. The molecule has 1 aliphatic heterocycles. The number of aryl methyl sites for hydroxylation is 1. The Bertz CT molecular complexity index is 1140. The second-order valence-electron chi connectivity index (χ2n) is 7.05. The summed E-state index contributed by atoms with van der Waals surface area (Å²) in [6.07, 6.45) is -3.62. The Morgan fingerprint density at radius 2 is 1.97 bits per heavy atom. The van der Waals surface area contributed by atoms with Crippen LogP contribution in [-0.4, -0.2) is 35.4 Å². The lowest BCUT2D eigenvalue weighted by Crippen LogP contribution is -2.46. The van der Waals surface area contributed by atoms with Crippen LogP contribution in [0.4, 0.5) is 23.7 Å². The van der Waals surface area contributed by atoms with E-state index in [-0.39, 0.29) is 11.4 Å². The maximum atomic E-state index is 12.8. The third-order valence-electron chi connectivity index (χ3n) is 5.35. The van der Waals surface area contributed by atoms with Gasteiger partial charge in [-0.25, -0.2) is 9.59 Å². The number of alkyl halides is 3. The molecule has 1 N–H and O–H groups in total. The van der Waals surface area contributed by atoms with Gasteiger partial charge in [-0.3, -0.25) is 0 Å². The van der Waals surface area contributed by atoms with Crippen LogP contribution in [0.1, 0.15) is 23.1 Å². The summed E-state index contributed by atoms with van der Waals surface area (Å²) in [7, 11) is 1.41. The standard InChI is InChI=1S/C21H15ClF3N3O3/c1-31-20-9-8-12-10-14(22)4-7-16(12)18(20)27-28(17(20)11-29)19(30)26-15-5-2-13(3-6-15)21(23,24)25/h2-7,10H,8-9H2,1H3,(H,26,30). The Labute approximate surface area is 179 Å². The van der Waals surface area contributed by atoms with E-state index >= 15 is 0 Å². The van der Waals surface area contributed by atoms with E-state index in [1.165, 1.54) is 7.11 Å². The molecular weight excluding hydrogens is 435 g/mol. The lowest BCUT2D eigenvalue weighted by molar-refractivity contribution is -0.137. The Morgan fingerprint density at radius 3 is 2.58 bits per heavy atom. The summed E-state index contributed by atoms with van der Waals surface area (Å²) >= 11 is 6.07. The van der Waals surface area contributed by atoms with Crippen molar-refractivity contribution < 1.29 is 27.5 Å². The second kappa shape index (κ2) is 7.53. The molecule has 10 heteroatoms. The van der Waals surface area contributed by atoms with Crippen LogP contribution in [0.5, 0.6) is 0 Å². The van der Waals surface area contributed by atoms with Crippen molar-refractivity contribution in [3.8, 4) is 0 Å². The molecule has 0 radical (unpaired) electrons. The van der Waals surface area contributed by atoms with Gasteiger partial charge in [-0.05, 0) is 54.8 Å². The predicted octanol–water partition coefficient (Wildman–Crippen LogP) is 4.66. The fourth-order valence-corrected chi connectivity index (χ4v) is 4.01. The molecule has 2 aromatic rings. The number of rotatable bonds is 2. The zero-order valence-corrected chi connectivity index (χ0v) is 16.8. The molecule has 160 valence electrons. The third-order valence-corrected chi connectivity index (χ3v) is 5.58. The van der Waals surface area contributed by atoms with Gasteiger partial charge in [0.1, 0.15) is 5.71 Å². The van der Waals surface area contributed by atoms with Gasteiger partial charge >= 0.3 is 12.2 Å². The van der Waals surface area contributed by atoms with E-state index in [4.69, 9.17) is 16.3 Å². The molecule has 0 aromatic heterocycles. The van der Waals surface area contributed by atoms with Gasteiger partial charge in [-0.15, -0.1) is 0 Å². The molecule has 1 heterocycles. The Hall–Kier alpha value is -3.13. The normalized spacial score (nSPS) is 20.0. The first-order valence-electron chi connectivity index (χ1n) is 9.16. The van der Waals surface area contributed by atoms with Crippen LogP contribution in [0.3, 0.4) is 0 Å². The molecule has 2 aliphatic rings. The monoisotopic (exact) mass is 449 g/mol. The summed E-state index contributed by atoms with van der Waals surface area (Å²) < 4.78 is 43.9. The molecule has 0 bridgehead atoms. The number of benzene rings is 2. The first-order chi connectivity index (χ1) is 14.7. The molecule has 2 aromatic carbocycles. The Kier molecular flexibility index (Phi) is 5.13. The number of hydrogen-bond acceptors (Lipinski definition) is 4. The number of fused-ring (bicyclic) bond motifs is 3. The highest BCUT2D eigenvalue weighted by atomic mass is 35.5. The molecule has 1 atom stereocenters. The molecule has 6 nitrogen and oxygen atoms in total. The lowest BCUT2D eigenvalue weighted by Gasteiger charge is -2.33. The summed E-state index contributed by atoms with van der Waals surface area (Å²) in [6.45, 7) is 0. The van der Waals surface area contributed by atoms with Crippen molar-refractivity contribution in [1.82, 2.24) is 5.01 Å². The van der Waals surface area contributed by atoms with Crippen LogP contribution < -0.4 is 5.32 Å². The Balaban J connectivity index is 1.68. The highest BCUT2D eigenvalue weighted by Crippen LogP contribution is 2.43. The number of nitrogens with zero attached hydrogens (tertiary/aromatic N) is 2. The number of hydrogen-bond donors (Lipinski definition) is 1. The van der Waals surface area contributed by atoms with E-state index < -0.39 is 23.4 Å². The number of methoxy groups -OCH3 is 1. The van der Waals surface area contributed by atoms with Gasteiger partial charge in [0.25, 0.3) is 0 Å². The first kappa shape index (κ1) is 21.1. The Morgan fingerprint density at radius 1 is 1.26 bits per heavy atom. The molecular formula is C21H15ClF3N3O3. The van der Waals surface area contributed by atoms with Crippen LogP contribution >= 0.6 is 11.6 Å². The average Bonchev–Trinajstić information content (AvgIpc) is 3.08. The summed E-state index contributed by atoms with van der Waals surface area (Å²) in [4.78, 5) is 24.7.